The van der Waals surface area contributed by atoms with Crippen molar-refractivity contribution in [3.63, 3.8) is 0 Å². The van der Waals surface area contributed by atoms with Gasteiger partial charge in [-0.1, -0.05) is 54.0 Å². The quantitative estimate of drug-likeness (QED) is 0.202. The molecule has 4 rings (SSSR count). The number of ether oxygens (including phenoxy) is 3. The van der Waals surface area contributed by atoms with E-state index in [1.54, 1.807) is 19.3 Å². The number of carbonyl (C=O) groups excluding carboxylic acids is 2. The number of aryl methyl sites for hydroxylation is 1. The van der Waals surface area contributed by atoms with Crippen molar-refractivity contribution in [2.75, 3.05) is 20.3 Å². The normalized spacial score (nSPS) is 14.4. The van der Waals surface area contributed by atoms with E-state index < -0.39 is 0 Å². The first-order valence-corrected chi connectivity index (χ1v) is 14.8. The number of nitrogens with zero attached hydrogens (tertiary/aromatic N) is 1. The Morgan fingerprint density at radius 1 is 0.974 bits per heavy atom. The van der Waals surface area contributed by atoms with Crippen LogP contribution in [0.25, 0.3) is 6.08 Å². The van der Waals surface area contributed by atoms with Crippen molar-refractivity contribution in [2.24, 2.45) is 0 Å². The van der Waals surface area contributed by atoms with Crippen LogP contribution in [0.3, 0.4) is 0 Å². The number of imide groups is 1. The second kappa shape index (κ2) is 13.1. The first-order chi connectivity index (χ1) is 18.7. The molecule has 0 bridgehead atoms. The molecule has 3 aromatic carbocycles. The summed E-state index contributed by atoms with van der Waals surface area (Å²) in [4.78, 5) is 27.3. The molecule has 0 radical (unpaired) electrons. The van der Waals surface area contributed by atoms with E-state index in [1.807, 2.05) is 43.3 Å². The Bertz CT molecular complexity index is 1410. The molecule has 1 saturated heterocycles. The maximum absolute atomic E-state index is 13.1. The standard InChI is InChI=1S/C30H29Br2NO5S/c1-18(2)23-10-5-19(3)13-25(23)37-12-11-33-29(34)27(39-30(33)35)16-21-14-24(32)28(26(15-21)36-4)38-17-20-6-8-22(31)9-7-20/h5-10,13-16,18H,11-12,17H2,1-4H3/b27-16-. The first kappa shape index (κ1) is 29.2. The van der Waals surface area contributed by atoms with E-state index in [0.29, 0.717) is 39.0 Å². The van der Waals surface area contributed by atoms with Crippen molar-refractivity contribution in [2.45, 2.75) is 33.3 Å². The summed E-state index contributed by atoms with van der Waals surface area (Å²) in [5.74, 6) is 1.81. The molecule has 204 valence electrons. The molecule has 9 heteroatoms. The van der Waals surface area contributed by atoms with E-state index in [9.17, 15) is 9.59 Å². The lowest BCUT2D eigenvalue weighted by Gasteiger charge is -2.17. The number of thioether (sulfide) groups is 1. The summed E-state index contributed by atoms with van der Waals surface area (Å²) in [6.07, 6.45) is 1.69. The second-order valence-electron chi connectivity index (χ2n) is 9.33. The summed E-state index contributed by atoms with van der Waals surface area (Å²) in [6.45, 7) is 6.97. The topological polar surface area (TPSA) is 65.1 Å². The Balaban J connectivity index is 1.44. The van der Waals surface area contributed by atoms with Crippen LogP contribution in [0.1, 0.15) is 42.0 Å². The third-order valence-corrected chi connectivity index (χ3v) is 8.11. The molecule has 0 aliphatic carbocycles. The number of carbonyl (C=O) groups is 2. The maximum atomic E-state index is 13.1. The largest absolute Gasteiger partial charge is 0.493 e. The predicted molar refractivity (Wildman–Crippen MR) is 163 cm³/mol. The lowest BCUT2D eigenvalue weighted by atomic mass is 10.0. The zero-order valence-electron chi connectivity index (χ0n) is 22.1. The third kappa shape index (κ3) is 7.26. The minimum Gasteiger partial charge on any atom is -0.493 e. The average molecular weight is 675 g/mol. The van der Waals surface area contributed by atoms with Gasteiger partial charge in [-0.05, 0) is 99.2 Å². The Morgan fingerprint density at radius 2 is 1.72 bits per heavy atom. The maximum Gasteiger partial charge on any atom is 0.293 e. The fourth-order valence-corrected chi connectivity index (χ4v) is 5.74. The van der Waals surface area contributed by atoms with Crippen LogP contribution < -0.4 is 14.2 Å². The van der Waals surface area contributed by atoms with E-state index in [-0.39, 0.29) is 24.3 Å². The van der Waals surface area contributed by atoms with Gasteiger partial charge in [0.1, 0.15) is 19.0 Å². The van der Waals surface area contributed by atoms with Crippen LogP contribution in [-0.4, -0.2) is 36.3 Å². The van der Waals surface area contributed by atoms with Crippen LogP contribution in [0, 0.1) is 6.92 Å². The van der Waals surface area contributed by atoms with E-state index in [2.05, 4.69) is 57.8 Å². The van der Waals surface area contributed by atoms with E-state index in [0.717, 1.165) is 38.7 Å². The molecule has 0 N–H and O–H groups in total. The lowest BCUT2D eigenvalue weighted by molar-refractivity contribution is -0.123. The summed E-state index contributed by atoms with van der Waals surface area (Å²) in [7, 11) is 1.56. The number of halogens is 2. The fourth-order valence-electron chi connectivity index (χ4n) is 4.03. The molecule has 0 saturated carbocycles. The van der Waals surface area contributed by atoms with Gasteiger partial charge in [0.25, 0.3) is 11.1 Å². The highest BCUT2D eigenvalue weighted by atomic mass is 79.9. The number of amides is 2. The van der Waals surface area contributed by atoms with Gasteiger partial charge >= 0.3 is 0 Å². The first-order valence-electron chi connectivity index (χ1n) is 12.4. The van der Waals surface area contributed by atoms with Gasteiger partial charge in [-0.3, -0.25) is 14.5 Å². The van der Waals surface area contributed by atoms with Crippen molar-refractivity contribution in [1.82, 2.24) is 4.90 Å². The van der Waals surface area contributed by atoms with Crippen molar-refractivity contribution in [1.29, 1.82) is 0 Å². The Kier molecular flexibility index (Phi) is 9.80. The molecule has 3 aromatic rings. The van der Waals surface area contributed by atoms with Gasteiger partial charge < -0.3 is 14.2 Å². The molecule has 1 heterocycles. The van der Waals surface area contributed by atoms with Crippen LogP contribution in [0.5, 0.6) is 17.2 Å². The van der Waals surface area contributed by atoms with Crippen LogP contribution in [0.4, 0.5) is 4.79 Å². The highest BCUT2D eigenvalue weighted by Gasteiger charge is 2.35. The van der Waals surface area contributed by atoms with Crippen LogP contribution in [-0.2, 0) is 11.4 Å². The summed E-state index contributed by atoms with van der Waals surface area (Å²) in [5, 5.41) is -0.316. The highest BCUT2D eigenvalue weighted by molar-refractivity contribution is 9.10. The van der Waals surface area contributed by atoms with Gasteiger partial charge in [-0.15, -0.1) is 0 Å². The van der Waals surface area contributed by atoms with Crippen molar-refractivity contribution in [3.05, 3.63) is 90.7 Å². The van der Waals surface area contributed by atoms with Crippen molar-refractivity contribution < 1.29 is 23.8 Å². The molecular weight excluding hydrogens is 646 g/mol. The number of hydrogen-bond donors (Lipinski definition) is 0. The molecule has 1 aliphatic rings. The molecule has 1 fully saturated rings. The average Bonchev–Trinajstić information content (AvgIpc) is 3.16. The predicted octanol–water partition coefficient (Wildman–Crippen LogP) is 8.35. The van der Waals surface area contributed by atoms with Gasteiger partial charge in [-0.25, -0.2) is 0 Å². The smallest absolute Gasteiger partial charge is 0.293 e. The SMILES string of the molecule is COc1cc(/C=C2\SC(=O)N(CCOc3cc(C)ccc3C(C)C)C2=O)cc(Br)c1OCc1ccc(Br)cc1. The second-order valence-corrected chi connectivity index (χ2v) is 12.1. The molecule has 2 amide bonds. The molecular formula is C30H29Br2NO5S. The zero-order chi connectivity index (χ0) is 28.1. The highest BCUT2D eigenvalue weighted by Crippen LogP contribution is 2.39. The summed E-state index contributed by atoms with van der Waals surface area (Å²) >= 11 is 7.91. The number of rotatable bonds is 10. The molecule has 39 heavy (non-hydrogen) atoms. The summed E-state index contributed by atoms with van der Waals surface area (Å²) in [6, 6.07) is 17.6. The van der Waals surface area contributed by atoms with E-state index >= 15 is 0 Å². The van der Waals surface area contributed by atoms with Crippen LogP contribution in [0.15, 0.2) is 68.4 Å². The van der Waals surface area contributed by atoms with E-state index in [4.69, 9.17) is 14.2 Å². The Labute approximate surface area is 250 Å². The zero-order valence-corrected chi connectivity index (χ0v) is 26.1. The van der Waals surface area contributed by atoms with Crippen LogP contribution in [0.2, 0.25) is 0 Å². The number of benzene rings is 3. The number of hydrogen-bond acceptors (Lipinski definition) is 6. The summed E-state index contributed by atoms with van der Waals surface area (Å²) in [5.41, 5.74) is 3.91. The molecule has 0 aromatic heterocycles. The molecule has 1 aliphatic heterocycles. The van der Waals surface area contributed by atoms with E-state index in [1.165, 1.54) is 4.90 Å². The molecule has 0 spiro atoms. The van der Waals surface area contributed by atoms with Crippen LogP contribution >= 0.6 is 43.6 Å². The molecule has 0 atom stereocenters. The van der Waals surface area contributed by atoms with Gasteiger partial charge in [-0.2, -0.15) is 0 Å². The van der Waals surface area contributed by atoms with Crippen molar-refractivity contribution in [3.8, 4) is 17.2 Å². The third-order valence-electron chi connectivity index (χ3n) is 6.08. The van der Waals surface area contributed by atoms with Gasteiger partial charge in [0.05, 0.1) is 23.0 Å². The van der Waals surface area contributed by atoms with Gasteiger partial charge in [0.15, 0.2) is 11.5 Å². The Morgan fingerprint density at radius 3 is 2.41 bits per heavy atom. The summed E-state index contributed by atoms with van der Waals surface area (Å²) < 4.78 is 19.3. The lowest BCUT2D eigenvalue weighted by Crippen LogP contribution is -2.32. The number of methoxy groups -OCH3 is 1. The van der Waals surface area contributed by atoms with Gasteiger partial charge in [0.2, 0.25) is 0 Å². The molecule has 0 unspecified atom stereocenters. The van der Waals surface area contributed by atoms with Crippen molar-refractivity contribution >= 4 is 60.8 Å². The minimum atomic E-state index is -0.340. The molecule has 6 nitrogen and oxygen atoms in total. The van der Waals surface area contributed by atoms with Gasteiger partial charge in [0, 0.05) is 4.47 Å². The Hall–Kier alpha value is -2.75. The minimum absolute atomic E-state index is 0.170. The monoisotopic (exact) mass is 673 g/mol. The fraction of sp³-hybridized carbons (Fsp3) is 0.267.